The molecule has 0 radical (unpaired) electrons. The molecule has 0 saturated heterocycles. The van der Waals surface area contributed by atoms with Crippen LogP contribution in [0, 0.1) is 0 Å². The molecule has 9 aromatic rings. The average molecular weight is 653 g/mol. The van der Waals surface area contributed by atoms with E-state index in [4.69, 9.17) is 0 Å². The highest BCUT2D eigenvalue weighted by atomic mass is 15.1. The summed E-state index contributed by atoms with van der Waals surface area (Å²) in [4.78, 5) is 2.37. The van der Waals surface area contributed by atoms with Crippen molar-refractivity contribution < 1.29 is 0 Å². The topological polar surface area (TPSA) is 8.17 Å². The molecule has 0 N–H and O–H groups in total. The molecule has 1 aromatic heterocycles. The minimum atomic E-state index is -0.0724. The Balaban J connectivity index is 1.07. The smallest absolute Gasteiger partial charge is 0.0542 e. The van der Waals surface area contributed by atoms with Gasteiger partial charge in [0.2, 0.25) is 0 Å². The molecule has 0 fully saturated rings. The first-order valence-electron chi connectivity index (χ1n) is 17.8. The molecule has 242 valence electrons. The Kier molecular flexibility index (Phi) is 6.56. The molecule has 0 aliphatic heterocycles. The van der Waals surface area contributed by atoms with Crippen molar-refractivity contribution in [3.05, 3.63) is 193 Å². The van der Waals surface area contributed by atoms with Crippen LogP contribution in [0.15, 0.2) is 182 Å². The normalized spacial score (nSPS) is 13.1. The maximum atomic E-state index is 2.42. The van der Waals surface area contributed by atoms with E-state index in [0.717, 1.165) is 17.1 Å². The van der Waals surface area contributed by atoms with E-state index in [1.807, 2.05) is 0 Å². The van der Waals surface area contributed by atoms with Crippen LogP contribution in [0.5, 0.6) is 0 Å². The minimum absolute atomic E-state index is 0.0724. The number of para-hydroxylation sites is 3. The van der Waals surface area contributed by atoms with Crippen LogP contribution >= 0.6 is 0 Å². The molecule has 0 atom stereocenters. The van der Waals surface area contributed by atoms with Gasteiger partial charge in [0, 0.05) is 38.9 Å². The molecular formula is C49H36N2. The first kappa shape index (κ1) is 29.5. The van der Waals surface area contributed by atoms with Crippen LogP contribution in [0.3, 0.4) is 0 Å². The van der Waals surface area contributed by atoms with Crippen LogP contribution in [-0.2, 0) is 5.41 Å². The van der Waals surface area contributed by atoms with Gasteiger partial charge in [-0.1, -0.05) is 129 Å². The summed E-state index contributed by atoms with van der Waals surface area (Å²) >= 11 is 0. The third kappa shape index (κ3) is 4.57. The summed E-state index contributed by atoms with van der Waals surface area (Å²) in [6.07, 6.45) is 0. The van der Waals surface area contributed by atoms with E-state index in [1.165, 1.54) is 71.6 Å². The molecule has 1 heterocycles. The van der Waals surface area contributed by atoms with Crippen LogP contribution in [-0.4, -0.2) is 4.57 Å². The number of anilines is 3. The lowest BCUT2D eigenvalue weighted by Gasteiger charge is -2.26. The van der Waals surface area contributed by atoms with Crippen molar-refractivity contribution in [2.24, 2.45) is 0 Å². The standard InChI is InChI=1S/C49H36N2/c1-49(2)44-29-24-34-13-9-10-18-40(34)48(44)42-28-23-35(31-45(42)49)33-21-25-38(26-22-33)50(36-14-5-3-6-15-36)39-27-30-47-43(32-39)41-19-11-12-20-46(41)51(47)37-16-7-4-8-17-37/h3-32H,1-2H3. The largest absolute Gasteiger partial charge is 0.310 e. The molecule has 51 heavy (non-hydrogen) atoms. The van der Waals surface area contributed by atoms with Crippen molar-refractivity contribution in [2.45, 2.75) is 19.3 Å². The maximum Gasteiger partial charge on any atom is 0.0542 e. The number of nitrogens with zero attached hydrogens (tertiary/aromatic N) is 2. The molecule has 0 bridgehead atoms. The summed E-state index contributed by atoms with van der Waals surface area (Å²) in [6.45, 7) is 4.73. The Morgan fingerprint density at radius 2 is 1.06 bits per heavy atom. The van der Waals surface area contributed by atoms with Crippen molar-refractivity contribution >= 4 is 49.6 Å². The molecule has 1 aliphatic carbocycles. The highest BCUT2D eigenvalue weighted by molar-refractivity contribution is 6.10. The van der Waals surface area contributed by atoms with Crippen LogP contribution in [0.4, 0.5) is 17.1 Å². The lowest BCUT2D eigenvalue weighted by molar-refractivity contribution is 0.661. The Hall–Kier alpha value is -6.38. The molecule has 0 spiro atoms. The predicted molar refractivity (Wildman–Crippen MR) is 216 cm³/mol. The van der Waals surface area contributed by atoms with Gasteiger partial charge in [0.05, 0.1) is 11.0 Å². The number of fused-ring (bicyclic) bond motifs is 8. The summed E-state index contributed by atoms with van der Waals surface area (Å²) in [5, 5.41) is 5.11. The fourth-order valence-corrected chi connectivity index (χ4v) is 8.47. The van der Waals surface area contributed by atoms with Crippen LogP contribution in [0.25, 0.3) is 60.5 Å². The summed E-state index contributed by atoms with van der Waals surface area (Å²) in [6, 6.07) is 66.5. The van der Waals surface area contributed by atoms with Crippen molar-refractivity contribution in [1.82, 2.24) is 4.57 Å². The molecule has 1 aliphatic rings. The lowest BCUT2D eigenvalue weighted by Crippen LogP contribution is -2.15. The number of hydrogen-bond donors (Lipinski definition) is 0. The second-order valence-electron chi connectivity index (χ2n) is 14.2. The zero-order valence-electron chi connectivity index (χ0n) is 28.7. The molecule has 0 unspecified atom stereocenters. The summed E-state index contributed by atoms with van der Waals surface area (Å²) in [7, 11) is 0. The van der Waals surface area contributed by atoms with Crippen LogP contribution in [0.1, 0.15) is 25.0 Å². The van der Waals surface area contributed by atoms with E-state index in [2.05, 4.69) is 205 Å². The fraction of sp³-hybridized carbons (Fsp3) is 0.0612. The summed E-state index contributed by atoms with van der Waals surface area (Å²) < 4.78 is 2.37. The third-order valence-electron chi connectivity index (χ3n) is 11.0. The van der Waals surface area contributed by atoms with Gasteiger partial charge in [-0.05, 0) is 111 Å². The van der Waals surface area contributed by atoms with E-state index in [0.29, 0.717) is 0 Å². The first-order valence-corrected chi connectivity index (χ1v) is 17.8. The average Bonchev–Trinajstić information content (AvgIpc) is 3.64. The molecule has 2 heteroatoms. The number of rotatable bonds is 5. The molecule has 10 rings (SSSR count). The van der Waals surface area contributed by atoms with Gasteiger partial charge in [-0.25, -0.2) is 0 Å². The van der Waals surface area contributed by atoms with Gasteiger partial charge < -0.3 is 9.47 Å². The van der Waals surface area contributed by atoms with E-state index in [9.17, 15) is 0 Å². The number of hydrogen-bond acceptors (Lipinski definition) is 1. The molecule has 2 nitrogen and oxygen atoms in total. The summed E-state index contributed by atoms with van der Waals surface area (Å²) in [5.41, 5.74) is 14.9. The van der Waals surface area contributed by atoms with Crippen LogP contribution < -0.4 is 4.90 Å². The Morgan fingerprint density at radius 1 is 0.431 bits per heavy atom. The molecule has 0 saturated carbocycles. The van der Waals surface area contributed by atoms with Gasteiger partial charge in [0.25, 0.3) is 0 Å². The number of aromatic nitrogens is 1. The van der Waals surface area contributed by atoms with Crippen LogP contribution in [0.2, 0.25) is 0 Å². The third-order valence-corrected chi connectivity index (χ3v) is 11.0. The second-order valence-corrected chi connectivity index (χ2v) is 14.2. The maximum absolute atomic E-state index is 2.42. The fourth-order valence-electron chi connectivity index (χ4n) is 8.47. The monoisotopic (exact) mass is 652 g/mol. The van der Waals surface area contributed by atoms with E-state index >= 15 is 0 Å². The zero-order valence-corrected chi connectivity index (χ0v) is 28.7. The summed E-state index contributed by atoms with van der Waals surface area (Å²) in [5.74, 6) is 0. The molecule has 0 amide bonds. The number of benzene rings is 8. The lowest BCUT2D eigenvalue weighted by atomic mass is 9.81. The molecule has 8 aromatic carbocycles. The highest BCUT2D eigenvalue weighted by Crippen LogP contribution is 2.52. The van der Waals surface area contributed by atoms with Gasteiger partial charge in [0.15, 0.2) is 0 Å². The highest BCUT2D eigenvalue weighted by Gasteiger charge is 2.36. The van der Waals surface area contributed by atoms with Gasteiger partial charge in [0.1, 0.15) is 0 Å². The molecular weight excluding hydrogens is 617 g/mol. The van der Waals surface area contributed by atoms with E-state index in [-0.39, 0.29) is 5.41 Å². The van der Waals surface area contributed by atoms with Crippen molar-refractivity contribution in [2.75, 3.05) is 4.90 Å². The van der Waals surface area contributed by atoms with E-state index in [1.54, 1.807) is 0 Å². The van der Waals surface area contributed by atoms with Gasteiger partial charge >= 0.3 is 0 Å². The zero-order chi connectivity index (χ0) is 34.1. The van der Waals surface area contributed by atoms with Gasteiger partial charge in [-0.2, -0.15) is 0 Å². The SMILES string of the molecule is CC1(C)c2cc(-c3ccc(N(c4ccccc4)c4ccc5c(c4)c4ccccc4n5-c4ccccc4)cc3)ccc2-c2c1ccc1ccccc21. The quantitative estimate of drug-likeness (QED) is 0.180. The predicted octanol–water partition coefficient (Wildman–Crippen LogP) is 13.4. The Morgan fingerprint density at radius 3 is 1.86 bits per heavy atom. The van der Waals surface area contributed by atoms with Crippen molar-refractivity contribution in [3.8, 4) is 27.9 Å². The van der Waals surface area contributed by atoms with Crippen molar-refractivity contribution in [1.29, 1.82) is 0 Å². The Bertz CT molecular complexity index is 2750. The van der Waals surface area contributed by atoms with Crippen molar-refractivity contribution in [3.63, 3.8) is 0 Å². The van der Waals surface area contributed by atoms with Gasteiger partial charge in [-0.15, -0.1) is 0 Å². The second kappa shape index (κ2) is 11.3. The van der Waals surface area contributed by atoms with Gasteiger partial charge in [-0.3, -0.25) is 0 Å². The Labute approximate surface area is 298 Å². The minimum Gasteiger partial charge on any atom is -0.310 e. The van der Waals surface area contributed by atoms with E-state index < -0.39 is 0 Å². The first-order chi connectivity index (χ1) is 25.1.